The summed E-state index contributed by atoms with van der Waals surface area (Å²) in [4.78, 5) is 17.0. The number of rotatable bonds is 0. The van der Waals surface area contributed by atoms with E-state index in [9.17, 15) is 4.79 Å². The van der Waals surface area contributed by atoms with Crippen molar-refractivity contribution in [3.05, 3.63) is 24.0 Å². The zero-order valence-electron chi connectivity index (χ0n) is 6.74. The van der Waals surface area contributed by atoms with Crippen LogP contribution in [0.1, 0.15) is 10.4 Å². The van der Waals surface area contributed by atoms with Crippen molar-refractivity contribution in [1.29, 1.82) is 0 Å². The van der Waals surface area contributed by atoms with Crippen molar-refractivity contribution < 1.29 is 4.79 Å². The van der Waals surface area contributed by atoms with Gasteiger partial charge in [0.25, 0.3) is 5.91 Å². The van der Waals surface area contributed by atoms with E-state index in [1.165, 1.54) is 0 Å². The van der Waals surface area contributed by atoms with Crippen LogP contribution in [0.15, 0.2) is 18.5 Å². The van der Waals surface area contributed by atoms with Crippen LogP contribution < -0.4 is 5.32 Å². The van der Waals surface area contributed by atoms with E-state index < -0.39 is 0 Å². The quantitative estimate of drug-likeness (QED) is 0.607. The lowest BCUT2D eigenvalue weighted by molar-refractivity contribution is 0.0796. The van der Waals surface area contributed by atoms with Crippen LogP contribution in [0.3, 0.4) is 0 Å². The van der Waals surface area contributed by atoms with E-state index in [1.54, 1.807) is 30.4 Å². The third-order valence-corrected chi connectivity index (χ3v) is 1.90. The zero-order valence-corrected chi connectivity index (χ0v) is 6.74. The highest BCUT2D eigenvalue weighted by Gasteiger charge is 2.19. The highest BCUT2D eigenvalue weighted by atomic mass is 16.2. The average Bonchev–Trinajstić information content (AvgIpc) is 2.12. The monoisotopic (exact) mass is 163 g/mol. The molecular formula is C8H9N3O. The number of carbonyl (C=O) groups is 1. The molecule has 4 heteroatoms. The minimum Gasteiger partial charge on any atom is -0.366 e. The molecule has 4 nitrogen and oxygen atoms in total. The predicted octanol–water partition coefficient (Wildman–Crippen LogP) is 0.537. The molecule has 1 amide bonds. The molecule has 0 saturated carbocycles. The molecule has 1 aliphatic heterocycles. The van der Waals surface area contributed by atoms with Crippen LogP contribution in [0.5, 0.6) is 0 Å². The summed E-state index contributed by atoms with van der Waals surface area (Å²) in [6, 6.07) is 1.72. The van der Waals surface area contributed by atoms with Crippen molar-refractivity contribution in [3.63, 3.8) is 0 Å². The predicted molar refractivity (Wildman–Crippen MR) is 44.8 cm³/mol. The molecule has 0 unspecified atom stereocenters. The van der Waals surface area contributed by atoms with Gasteiger partial charge in [-0.15, -0.1) is 0 Å². The first-order valence-corrected chi connectivity index (χ1v) is 3.72. The molecule has 1 aromatic heterocycles. The lowest BCUT2D eigenvalue weighted by atomic mass is 10.2. The number of carbonyl (C=O) groups excluding carboxylic acids is 1. The molecule has 0 aliphatic carbocycles. The fourth-order valence-electron chi connectivity index (χ4n) is 1.20. The van der Waals surface area contributed by atoms with Crippen LogP contribution in [0, 0.1) is 0 Å². The Morgan fingerprint density at radius 2 is 2.50 bits per heavy atom. The van der Waals surface area contributed by atoms with E-state index in [1.807, 2.05) is 0 Å². The van der Waals surface area contributed by atoms with E-state index in [-0.39, 0.29) is 5.91 Å². The molecule has 0 spiro atoms. The van der Waals surface area contributed by atoms with Crippen LogP contribution in [0.25, 0.3) is 0 Å². The summed E-state index contributed by atoms with van der Waals surface area (Å²) >= 11 is 0. The molecule has 1 aliphatic rings. The molecule has 1 aromatic rings. The van der Waals surface area contributed by atoms with Gasteiger partial charge in [0.2, 0.25) is 0 Å². The summed E-state index contributed by atoms with van der Waals surface area (Å²) in [5, 5.41) is 3.09. The molecule has 0 aromatic carbocycles. The minimum atomic E-state index is 0.0474. The fourth-order valence-corrected chi connectivity index (χ4v) is 1.20. The number of anilines is 1. The maximum atomic E-state index is 11.5. The topological polar surface area (TPSA) is 45.2 Å². The average molecular weight is 163 g/mol. The van der Waals surface area contributed by atoms with Crippen molar-refractivity contribution in [2.45, 2.75) is 0 Å². The SMILES string of the molecule is CN1CNc2cnccc2C1=O. The van der Waals surface area contributed by atoms with Gasteiger partial charge in [0, 0.05) is 13.2 Å². The first kappa shape index (κ1) is 7.09. The van der Waals surface area contributed by atoms with Crippen LogP contribution in [-0.4, -0.2) is 29.5 Å². The van der Waals surface area contributed by atoms with Crippen molar-refractivity contribution >= 4 is 11.6 Å². The molecular weight excluding hydrogens is 154 g/mol. The summed E-state index contributed by atoms with van der Waals surface area (Å²) in [5.74, 6) is 0.0474. The first-order chi connectivity index (χ1) is 5.79. The molecule has 0 saturated heterocycles. The van der Waals surface area contributed by atoms with Gasteiger partial charge in [0.05, 0.1) is 24.1 Å². The number of nitrogens with zero attached hydrogens (tertiary/aromatic N) is 2. The summed E-state index contributed by atoms with van der Waals surface area (Å²) in [6.45, 7) is 0.553. The van der Waals surface area contributed by atoms with Gasteiger partial charge < -0.3 is 10.2 Å². The van der Waals surface area contributed by atoms with Gasteiger partial charge in [0.15, 0.2) is 0 Å². The highest BCUT2D eigenvalue weighted by molar-refractivity contribution is 6.00. The van der Waals surface area contributed by atoms with Crippen LogP contribution in [0.4, 0.5) is 5.69 Å². The Balaban J connectivity index is 2.49. The van der Waals surface area contributed by atoms with Crippen molar-refractivity contribution in [3.8, 4) is 0 Å². The first-order valence-electron chi connectivity index (χ1n) is 3.72. The Hall–Kier alpha value is -1.58. The molecule has 0 bridgehead atoms. The number of aromatic nitrogens is 1. The minimum absolute atomic E-state index is 0.0474. The van der Waals surface area contributed by atoms with Gasteiger partial charge in [-0.3, -0.25) is 9.78 Å². The standard InChI is InChI=1S/C8H9N3O/c1-11-5-10-7-4-9-3-2-6(7)8(11)12/h2-4,10H,5H2,1H3. The number of hydrogen-bond acceptors (Lipinski definition) is 3. The Bertz CT molecular complexity index is 324. The third kappa shape index (κ3) is 0.922. The third-order valence-electron chi connectivity index (χ3n) is 1.90. The summed E-state index contributed by atoms with van der Waals surface area (Å²) in [6.07, 6.45) is 3.29. The van der Waals surface area contributed by atoms with Crippen molar-refractivity contribution in [2.75, 3.05) is 19.0 Å². The van der Waals surface area contributed by atoms with E-state index in [0.717, 1.165) is 5.69 Å². The number of nitrogens with one attached hydrogen (secondary N) is 1. The number of pyridine rings is 1. The number of hydrogen-bond donors (Lipinski definition) is 1. The maximum absolute atomic E-state index is 11.5. The van der Waals surface area contributed by atoms with E-state index in [2.05, 4.69) is 10.3 Å². The number of amides is 1. The molecule has 12 heavy (non-hydrogen) atoms. The molecule has 2 rings (SSSR count). The lowest BCUT2D eigenvalue weighted by Crippen LogP contribution is -2.36. The summed E-state index contributed by atoms with van der Waals surface area (Å²) in [7, 11) is 1.76. The van der Waals surface area contributed by atoms with Gasteiger partial charge in [-0.05, 0) is 6.07 Å². The Morgan fingerprint density at radius 3 is 3.33 bits per heavy atom. The van der Waals surface area contributed by atoms with Gasteiger partial charge in [-0.2, -0.15) is 0 Å². The normalized spacial score (nSPS) is 15.4. The molecule has 0 atom stereocenters. The van der Waals surface area contributed by atoms with E-state index >= 15 is 0 Å². The molecule has 62 valence electrons. The van der Waals surface area contributed by atoms with Gasteiger partial charge in [0.1, 0.15) is 0 Å². The van der Waals surface area contributed by atoms with E-state index in [0.29, 0.717) is 12.2 Å². The van der Waals surface area contributed by atoms with Gasteiger partial charge in [-0.25, -0.2) is 0 Å². The van der Waals surface area contributed by atoms with Crippen LogP contribution >= 0.6 is 0 Å². The van der Waals surface area contributed by atoms with Crippen LogP contribution in [-0.2, 0) is 0 Å². The highest BCUT2D eigenvalue weighted by Crippen LogP contribution is 2.18. The van der Waals surface area contributed by atoms with E-state index in [4.69, 9.17) is 0 Å². The van der Waals surface area contributed by atoms with Crippen molar-refractivity contribution in [1.82, 2.24) is 9.88 Å². The maximum Gasteiger partial charge on any atom is 0.257 e. The molecule has 0 radical (unpaired) electrons. The second kappa shape index (κ2) is 2.48. The smallest absolute Gasteiger partial charge is 0.257 e. The summed E-state index contributed by atoms with van der Waals surface area (Å²) < 4.78 is 0. The molecule has 2 heterocycles. The largest absolute Gasteiger partial charge is 0.366 e. The zero-order chi connectivity index (χ0) is 8.55. The lowest BCUT2D eigenvalue weighted by Gasteiger charge is -2.25. The Morgan fingerprint density at radius 1 is 1.67 bits per heavy atom. The second-order valence-electron chi connectivity index (χ2n) is 2.76. The molecule has 0 fully saturated rings. The Labute approximate surface area is 70.2 Å². The summed E-state index contributed by atoms with van der Waals surface area (Å²) in [5.41, 5.74) is 1.51. The Kier molecular flexibility index (Phi) is 1.46. The van der Waals surface area contributed by atoms with Crippen LogP contribution in [0.2, 0.25) is 0 Å². The fraction of sp³-hybridized carbons (Fsp3) is 0.250. The van der Waals surface area contributed by atoms with Gasteiger partial charge >= 0.3 is 0 Å². The molecule has 1 N–H and O–H groups in total. The van der Waals surface area contributed by atoms with Gasteiger partial charge in [-0.1, -0.05) is 0 Å². The number of fused-ring (bicyclic) bond motifs is 1. The van der Waals surface area contributed by atoms with Crippen molar-refractivity contribution in [2.24, 2.45) is 0 Å². The second-order valence-corrected chi connectivity index (χ2v) is 2.76.